The van der Waals surface area contributed by atoms with Gasteiger partial charge in [-0.2, -0.15) is 8.78 Å². The molecule has 2 rings (SSSR count). The van der Waals surface area contributed by atoms with Gasteiger partial charge in [0.15, 0.2) is 11.0 Å². The van der Waals surface area contributed by atoms with Crippen LogP contribution in [0.4, 0.5) is 8.78 Å². The van der Waals surface area contributed by atoms with Crippen LogP contribution in [0, 0.1) is 0 Å². The Labute approximate surface area is 105 Å². The molecule has 0 amide bonds. The fraction of sp³-hybridized carbons (Fsp3) is 0.182. The molecule has 0 bridgehead atoms. The lowest BCUT2D eigenvalue weighted by Gasteiger charge is -2.06. The van der Waals surface area contributed by atoms with E-state index in [0.29, 0.717) is 23.2 Å². The number of rotatable bonds is 4. The molecule has 2 nitrogen and oxygen atoms in total. The second-order valence-electron chi connectivity index (χ2n) is 3.34. The molecule has 17 heavy (non-hydrogen) atoms. The lowest BCUT2D eigenvalue weighted by atomic mass is 10.3. The van der Waals surface area contributed by atoms with Crippen molar-refractivity contribution >= 4 is 33.3 Å². The fourth-order valence-electron chi connectivity index (χ4n) is 1.37. The minimum Gasteiger partial charge on any atom is -0.443 e. The summed E-state index contributed by atoms with van der Waals surface area (Å²) in [5.74, 6) is 1.31. The third-order valence-electron chi connectivity index (χ3n) is 2.12. The van der Waals surface area contributed by atoms with Gasteiger partial charge in [-0.15, -0.1) is 0 Å². The number of hydrogen-bond donors (Lipinski definition) is 1. The Hall–Kier alpha value is -1.07. The second-order valence-corrected chi connectivity index (χ2v) is 5.45. The van der Waals surface area contributed by atoms with E-state index in [-0.39, 0.29) is 10.7 Å². The van der Waals surface area contributed by atoms with E-state index >= 15 is 0 Å². The van der Waals surface area contributed by atoms with Crippen LogP contribution >= 0.6 is 22.3 Å². The van der Waals surface area contributed by atoms with Crippen LogP contribution in [0.3, 0.4) is 0 Å². The summed E-state index contributed by atoms with van der Waals surface area (Å²) in [6, 6.07) is 3.43. The van der Waals surface area contributed by atoms with E-state index in [2.05, 4.69) is 4.72 Å². The molecule has 0 fully saturated rings. The normalized spacial score (nSPS) is 18.3. The number of furan rings is 1. The molecule has 0 aliphatic carbocycles. The second kappa shape index (κ2) is 5.51. The molecule has 0 spiro atoms. The summed E-state index contributed by atoms with van der Waals surface area (Å²) >= 11 is 5.67. The topological polar surface area (TPSA) is 25.2 Å². The first-order valence-electron chi connectivity index (χ1n) is 4.93. The molecule has 1 unspecified atom stereocenters. The first-order chi connectivity index (χ1) is 8.15. The molecule has 92 valence electrons. The number of halogens is 3. The van der Waals surface area contributed by atoms with E-state index in [0.717, 1.165) is 11.8 Å². The van der Waals surface area contributed by atoms with Crippen LogP contribution in [-0.2, 0) is 0 Å². The average Bonchev–Trinajstić information content (AvgIpc) is 2.86. The predicted octanol–water partition coefficient (Wildman–Crippen LogP) is 4.03. The highest BCUT2D eigenvalue weighted by atomic mass is 35.5. The standard InChI is InChI=1S/C11H10ClF2NOS/c12-10-4-3-9(16-10)8-5-7-17(15-8)6-1-2-11(13)14/h2-5,7,15H,1,6H2. The molecule has 1 aliphatic heterocycles. The highest BCUT2D eigenvalue weighted by molar-refractivity contribution is 8.14. The van der Waals surface area contributed by atoms with Gasteiger partial charge in [0.2, 0.25) is 0 Å². The largest absolute Gasteiger partial charge is 0.443 e. The molecule has 1 aromatic rings. The van der Waals surface area contributed by atoms with Crippen molar-refractivity contribution in [2.24, 2.45) is 0 Å². The maximum atomic E-state index is 11.8. The van der Waals surface area contributed by atoms with Crippen LogP contribution in [0.5, 0.6) is 0 Å². The number of nitrogens with one attached hydrogen (secondary N) is 1. The summed E-state index contributed by atoms with van der Waals surface area (Å²) in [6.07, 6.45) is 1.55. The van der Waals surface area contributed by atoms with E-state index in [4.69, 9.17) is 16.0 Å². The monoisotopic (exact) mass is 277 g/mol. The maximum Gasteiger partial charge on any atom is 0.266 e. The smallest absolute Gasteiger partial charge is 0.266 e. The van der Waals surface area contributed by atoms with Crippen molar-refractivity contribution in [1.29, 1.82) is 0 Å². The number of hydrogen-bond acceptors (Lipinski definition) is 2. The molecule has 0 saturated heterocycles. The molecular formula is C11H10ClF2NOS. The fourth-order valence-corrected chi connectivity index (χ4v) is 2.94. The predicted molar refractivity (Wildman–Crippen MR) is 68.3 cm³/mol. The van der Waals surface area contributed by atoms with Gasteiger partial charge in [-0.25, -0.2) is 0 Å². The Balaban J connectivity index is 1.88. The third kappa shape index (κ3) is 3.44. The van der Waals surface area contributed by atoms with Crippen LogP contribution in [0.2, 0.25) is 5.22 Å². The summed E-state index contributed by atoms with van der Waals surface area (Å²) < 4.78 is 32.1. The van der Waals surface area contributed by atoms with Crippen LogP contribution in [-0.4, -0.2) is 11.1 Å². The zero-order chi connectivity index (χ0) is 12.3. The van der Waals surface area contributed by atoms with E-state index in [1.54, 1.807) is 12.1 Å². The summed E-state index contributed by atoms with van der Waals surface area (Å²) in [7, 11) is -0.214. The van der Waals surface area contributed by atoms with E-state index < -0.39 is 6.08 Å². The lowest BCUT2D eigenvalue weighted by Crippen LogP contribution is -2.01. The molecule has 1 aliphatic rings. The summed E-state index contributed by atoms with van der Waals surface area (Å²) in [5.41, 5.74) is 0.838. The van der Waals surface area contributed by atoms with Crippen molar-refractivity contribution in [3.05, 3.63) is 41.3 Å². The molecule has 0 saturated carbocycles. The molecular weight excluding hydrogens is 268 g/mol. The van der Waals surface area contributed by atoms with Gasteiger partial charge in [0.05, 0.1) is 5.70 Å². The lowest BCUT2D eigenvalue weighted by molar-refractivity contribution is 0.418. The van der Waals surface area contributed by atoms with Gasteiger partial charge in [-0.05, 0) is 47.7 Å². The van der Waals surface area contributed by atoms with Crippen LogP contribution in [0.15, 0.2) is 34.8 Å². The summed E-state index contributed by atoms with van der Waals surface area (Å²) in [6.45, 7) is 0. The quantitative estimate of drug-likeness (QED) is 0.841. The number of allylic oxidation sites excluding steroid dienone is 2. The molecule has 2 heterocycles. The first kappa shape index (κ1) is 12.4. The van der Waals surface area contributed by atoms with Crippen LogP contribution in [0.25, 0.3) is 5.70 Å². The van der Waals surface area contributed by atoms with Crippen molar-refractivity contribution in [2.45, 2.75) is 6.42 Å². The average molecular weight is 278 g/mol. The Morgan fingerprint density at radius 1 is 1.47 bits per heavy atom. The van der Waals surface area contributed by atoms with E-state index in [1.165, 1.54) is 0 Å². The Bertz CT molecular complexity index is 503. The molecule has 0 aromatic carbocycles. The van der Waals surface area contributed by atoms with Crippen molar-refractivity contribution < 1.29 is 13.2 Å². The van der Waals surface area contributed by atoms with Crippen molar-refractivity contribution in [3.8, 4) is 0 Å². The minimum atomic E-state index is -1.63. The van der Waals surface area contributed by atoms with Crippen molar-refractivity contribution in [1.82, 2.24) is 4.72 Å². The molecule has 0 radical (unpaired) electrons. The molecule has 1 atom stereocenters. The highest BCUT2D eigenvalue weighted by Gasteiger charge is 2.11. The summed E-state index contributed by atoms with van der Waals surface area (Å²) in [4.78, 5) is 0. The van der Waals surface area contributed by atoms with Crippen molar-refractivity contribution in [3.63, 3.8) is 0 Å². The zero-order valence-electron chi connectivity index (χ0n) is 8.75. The maximum absolute atomic E-state index is 11.8. The van der Waals surface area contributed by atoms with Gasteiger partial charge >= 0.3 is 0 Å². The molecule has 1 N–H and O–H groups in total. The van der Waals surface area contributed by atoms with Crippen molar-refractivity contribution in [2.75, 3.05) is 5.75 Å². The van der Waals surface area contributed by atoms with Gasteiger partial charge in [0, 0.05) is 5.75 Å². The van der Waals surface area contributed by atoms with Gasteiger partial charge in [-0.1, -0.05) is 10.7 Å². The van der Waals surface area contributed by atoms with Crippen LogP contribution in [0.1, 0.15) is 12.2 Å². The minimum absolute atomic E-state index is 0.214. The molecule has 6 heteroatoms. The van der Waals surface area contributed by atoms with E-state index in [9.17, 15) is 8.78 Å². The Kier molecular flexibility index (Phi) is 4.02. The summed E-state index contributed by atoms with van der Waals surface area (Å²) in [5, 5.41) is 2.28. The van der Waals surface area contributed by atoms with Gasteiger partial charge < -0.3 is 9.14 Å². The van der Waals surface area contributed by atoms with Gasteiger partial charge in [-0.3, -0.25) is 0 Å². The SMILES string of the molecule is FC(F)=CCCS1=CC=C(c2ccc(Cl)o2)N1. The Morgan fingerprint density at radius 3 is 2.94 bits per heavy atom. The third-order valence-corrected chi connectivity index (χ3v) is 3.94. The Morgan fingerprint density at radius 2 is 2.29 bits per heavy atom. The van der Waals surface area contributed by atoms with Crippen LogP contribution < -0.4 is 4.72 Å². The van der Waals surface area contributed by atoms with Gasteiger partial charge in [0.1, 0.15) is 0 Å². The highest BCUT2D eigenvalue weighted by Crippen LogP contribution is 2.26. The van der Waals surface area contributed by atoms with Gasteiger partial charge in [0.25, 0.3) is 6.08 Å². The first-order valence-corrected chi connectivity index (χ1v) is 6.77. The van der Waals surface area contributed by atoms with E-state index in [1.807, 2.05) is 11.4 Å². The zero-order valence-corrected chi connectivity index (χ0v) is 10.3. The molecule has 1 aromatic heterocycles.